The number of hydrogen-bond donors (Lipinski definition) is 2. The SMILES string of the molecule is c1cnc(NCNc2cnccn2)cn1. The Kier molecular flexibility index (Phi) is 3.01. The van der Waals surface area contributed by atoms with Crippen molar-refractivity contribution in [2.45, 2.75) is 0 Å². The minimum atomic E-state index is 0.525. The lowest BCUT2D eigenvalue weighted by atomic mass is 10.6. The predicted octanol–water partition coefficient (Wildman–Crippen LogP) is 0.748. The highest BCUT2D eigenvalue weighted by Crippen LogP contribution is 1.98. The monoisotopic (exact) mass is 202 g/mol. The average molecular weight is 202 g/mol. The molecule has 0 atom stereocenters. The smallest absolute Gasteiger partial charge is 0.145 e. The van der Waals surface area contributed by atoms with Gasteiger partial charge in [0.15, 0.2) is 0 Å². The van der Waals surface area contributed by atoms with Crippen LogP contribution >= 0.6 is 0 Å². The Labute approximate surface area is 86.8 Å². The van der Waals surface area contributed by atoms with Crippen LogP contribution in [0.3, 0.4) is 0 Å². The molecule has 0 aliphatic heterocycles. The molecule has 0 fully saturated rings. The Balaban J connectivity index is 1.81. The van der Waals surface area contributed by atoms with E-state index < -0.39 is 0 Å². The van der Waals surface area contributed by atoms with Crippen molar-refractivity contribution in [2.75, 3.05) is 17.3 Å². The molecule has 0 saturated heterocycles. The van der Waals surface area contributed by atoms with E-state index in [2.05, 4.69) is 30.6 Å². The third-order valence-corrected chi connectivity index (χ3v) is 1.67. The molecule has 15 heavy (non-hydrogen) atoms. The molecule has 6 nitrogen and oxygen atoms in total. The van der Waals surface area contributed by atoms with Gasteiger partial charge in [0, 0.05) is 24.8 Å². The summed E-state index contributed by atoms with van der Waals surface area (Å²) in [6, 6.07) is 0. The van der Waals surface area contributed by atoms with E-state index in [9.17, 15) is 0 Å². The molecule has 76 valence electrons. The molecular weight excluding hydrogens is 192 g/mol. The molecule has 2 rings (SSSR count). The second-order valence-corrected chi connectivity index (χ2v) is 2.71. The molecule has 0 saturated carbocycles. The zero-order chi connectivity index (χ0) is 10.3. The highest BCUT2D eigenvalue weighted by Gasteiger charge is 1.92. The maximum atomic E-state index is 4.06. The highest BCUT2D eigenvalue weighted by atomic mass is 15.1. The van der Waals surface area contributed by atoms with E-state index in [1.807, 2.05) is 0 Å². The van der Waals surface area contributed by atoms with Gasteiger partial charge in [0.25, 0.3) is 0 Å². The fourth-order valence-electron chi connectivity index (χ4n) is 1.01. The summed E-state index contributed by atoms with van der Waals surface area (Å²) in [7, 11) is 0. The van der Waals surface area contributed by atoms with Crippen LogP contribution in [0, 0.1) is 0 Å². The lowest BCUT2D eigenvalue weighted by molar-refractivity contribution is 1.09. The van der Waals surface area contributed by atoms with Gasteiger partial charge in [-0.3, -0.25) is 9.97 Å². The second-order valence-electron chi connectivity index (χ2n) is 2.71. The Morgan fingerprint density at radius 3 is 1.73 bits per heavy atom. The van der Waals surface area contributed by atoms with Gasteiger partial charge < -0.3 is 10.6 Å². The zero-order valence-corrected chi connectivity index (χ0v) is 7.96. The summed E-state index contributed by atoms with van der Waals surface area (Å²) in [6.07, 6.45) is 9.81. The first-order valence-corrected chi connectivity index (χ1v) is 4.45. The Morgan fingerprint density at radius 1 is 0.800 bits per heavy atom. The van der Waals surface area contributed by atoms with E-state index in [0.717, 1.165) is 0 Å². The van der Waals surface area contributed by atoms with Gasteiger partial charge in [0.1, 0.15) is 11.6 Å². The van der Waals surface area contributed by atoms with Crippen LogP contribution in [0.2, 0.25) is 0 Å². The molecular formula is C9H10N6. The summed E-state index contributed by atoms with van der Waals surface area (Å²) >= 11 is 0. The van der Waals surface area contributed by atoms with Crippen molar-refractivity contribution in [1.82, 2.24) is 19.9 Å². The van der Waals surface area contributed by atoms with Gasteiger partial charge in [-0.2, -0.15) is 0 Å². The largest absolute Gasteiger partial charge is 0.352 e. The molecule has 2 heterocycles. The molecule has 2 N–H and O–H groups in total. The normalized spacial score (nSPS) is 9.60. The minimum absolute atomic E-state index is 0.525. The third-order valence-electron chi connectivity index (χ3n) is 1.67. The Morgan fingerprint density at radius 2 is 1.33 bits per heavy atom. The van der Waals surface area contributed by atoms with Gasteiger partial charge in [-0.15, -0.1) is 0 Å². The van der Waals surface area contributed by atoms with Crippen molar-refractivity contribution in [2.24, 2.45) is 0 Å². The number of nitrogens with zero attached hydrogens (tertiary/aromatic N) is 4. The van der Waals surface area contributed by atoms with Gasteiger partial charge in [-0.25, -0.2) is 9.97 Å². The summed E-state index contributed by atoms with van der Waals surface area (Å²) < 4.78 is 0. The van der Waals surface area contributed by atoms with Gasteiger partial charge in [0.2, 0.25) is 0 Å². The molecule has 0 bridgehead atoms. The number of aromatic nitrogens is 4. The first-order chi connectivity index (χ1) is 7.45. The van der Waals surface area contributed by atoms with Crippen LogP contribution in [0.4, 0.5) is 11.6 Å². The van der Waals surface area contributed by atoms with Crippen LogP contribution < -0.4 is 10.6 Å². The van der Waals surface area contributed by atoms with E-state index in [4.69, 9.17) is 0 Å². The van der Waals surface area contributed by atoms with Gasteiger partial charge in [-0.1, -0.05) is 0 Å². The maximum Gasteiger partial charge on any atom is 0.145 e. The lowest BCUT2D eigenvalue weighted by Crippen LogP contribution is -2.13. The van der Waals surface area contributed by atoms with Crippen molar-refractivity contribution in [3.63, 3.8) is 0 Å². The van der Waals surface area contributed by atoms with Crippen LogP contribution in [-0.2, 0) is 0 Å². The van der Waals surface area contributed by atoms with E-state index in [-0.39, 0.29) is 0 Å². The predicted molar refractivity (Wildman–Crippen MR) is 56.2 cm³/mol. The Bertz CT molecular complexity index is 350. The first kappa shape index (κ1) is 9.32. The van der Waals surface area contributed by atoms with Crippen molar-refractivity contribution in [3.8, 4) is 0 Å². The van der Waals surface area contributed by atoms with E-state index in [1.165, 1.54) is 0 Å². The molecule has 0 unspecified atom stereocenters. The van der Waals surface area contributed by atoms with Crippen LogP contribution in [0.1, 0.15) is 0 Å². The third kappa shape index (κ3) is 2.87. The van der Waals surface area contributed by atoms with Gasteiger partial charge in [-0.05, 0) is 0 Å². The molecule has 2 aromatic heterocycles. The lowest BCUT2D eigenvalue weighted by Gasteiger charge is -2.06. The molecule has 2 aromatic rings. The summed E-state index contributed by atoms with van der Waals surface area (Å²) in [6.45, 7) is 0.525. The van der Waals surface area contributed by atoms with Crippen molar-refractivity contribution in [3.05, 3.63) is 37.2 Å². The van der Waals surface area contributed by atoms with Crippen LogP contribution in [-0.4, -0.2) is 26.6 Å². The zero-order valence-electron chi connectivity index (χ0n) is 7.96. The summed E-state index contributed by atoms with van der Waals surface area (Å²) in [5.41, 5.74) is 0. The average Bonchev–Trinajstić information content (AvgIpc) is 2.32. The quantitative estimate of drug-likeness (QED) is 0.712. The Hall–Kier alpha value is -2.24. The molecule has 6 heteroatoms. The van der Waals surface area contributed by atoms with Gasteiger partial charge >= 0.3 is 0 Å². The first-order valence-electron chi connectivity index (χ1n) is 4.45. The minimum Gasteiger partial charge on any atom is -0.352 e. The summed E-state index contributed by atoms with van der Waals surface area (Å²) in [5, 5.41) is 6.08. The number of hydrogen-bond acceptors (Lipinski definition) is 6. The van der Waals surface area contributed by atoms with E-state index >= 15 is 0 Å². The number of anilines is 2. The van der Waals surface area contributed by atoms with Crippen molar-refractivity contribution < 1.29 is 0 Å². The highest BCUT2D eigenvalue weighted by molar-refractivity contribution is 5.35. The molecule has 0 spiro atoms. The number of nitrogens with one attached hydrogen (secondary N) is 2. The van der Waals surface area contributed by atoms with E-state index in [1.54, 1.807) is 37.2 Å². The van der Waals surface area contributed by atoms with Crippen LogP contribution in [0.5, 0.6) is 0 Å². The molecule has 0 radical (unpaired) electrons. The van der Waals surface area contributed by atoms with E-state index in [0.29, 0.717) is 18.3 Å². The second kappa shape index (κ2) is 4.85. The fraction of sp³-hybridized carbons (Fsp3) is 0.111. The number of rotatable bonds is 4. The maximum absolute atomic E-state index is 4.06. The molecule has 0 aromatic carbocycles. The van der Waals surface area contributed by atoms with Crippen molar-refractivity contribution in [1.29, 1.82) is 0 Å². The standard InChI is InChI=1S/C9H10N6/c1-3-12-8(5-10-1)14-7-15-9-6-11-2-4-13-9/h1-6H,7H2,(H,12,14)(H,13,15). The fourth-order valence-corrected chi connectivity index (χ4v) is 1.01. The molecule has 0 aliphatic rings. The van der Waals surface area contributed by atoms with Crippen LogP contribution in [0.15, 0.2) is 37.2 Å². The summed E-state index contributed by atoms with van der Waals surface area (Å²) in [4.78, 5) is 16.0. The van der Waals surface area contributed by atoms with Crippen LogP contribution in [0.25, 0.3) is 0 Å². The molecule has 0 amide bonds. The van der Waals surface area contributed by atoms with Gasteiger partial charge in [0.05, 0.1) is 19.1 Å². The molecule has 0 aliphatic carbocycles. The summed E-state index contributed by atoms with van der Waals surface area (Å²) in [5.74, 6) is 1.43. The van der Waals surface area contributed by atoms with Crippen molar-refractivity contribution >= 4 is 11.6 Å². The topological polar surface area (TPSA) is 75.6 Å².